The van der Waals surface area contributed by atoms with Crippen LogP contribution >= 0.6 is 11.8 Å². The largest absolute Gasteiger partial charge is 0.229 e. The van der Waals surface area contributed by atoms with Crippen molar-refractivity contribution in [3.63, 3.8) is 0 Å². The van der Waals surface area contributed by atoms with Crippen LogP contribution in [0.5, 0.6) is 0 Å². The molecule has 0 aliphatic heterocycles. The van der Waals surface area contributed by atoms with Crippen molar-refractivity contribution in [3.8, 4) is 0 Å². The van der Waals surface area contributed by atoms with Crippen LogP contribution in [-0.4, -0.2) is 25.2 Å². The Bertz CT molecular complexity index is 221. The normalized spacial score (nSPS) is 12.3. The number of primary sulfonamides is 1. The van der Waals surface area contributed by atoms with E-state index in [0.29, 0.717) is 11.0 Å². The summed E-state index contributed by atoms with van der Waals surface area (Å²) in [4.78, 5) is 0. The van der Waals surface area contributed by atoms with Crippen molar-refractivity contribution in [2.45, 2.75) is 44.8 Å². The second-order valence-electron chi connectivity index (χ2n) is 3.44. The van der Waals surface area contributed by atoms with Crippen LogP contribution in [0.3, 0.4) is 0 Å². The maximum atomic E-state index is 10.7. The van der Waals surface area contributed by atoms with Crippen molar-refractivity contribution in [3.05, 3.63) is 0 Å². The minimum Gasteiger partial charge on any atom is -0.229 e. The van der Waals surface area contributed by atoms with E-state index in [0.717, 1.165) is 12.8 Å². The molecule has 0 aromatic carbocycles. The van der Waals surface area contributed by atoms with Gasteiger partial charge in [-0.1, -0.05) is 26.7 Å². The lowest BCUT2D eigenvalue weighted by molar-refractivity contribution is 0.599. The molecule has 0 aliphatic rings. The highest BCUT2D eigenvalue weighted by atomic mass is 32.2. The first kappa shape index (κ1) is 14.3. The topological polar surface area (TPSA) is 60.2 Å². The lowest BCUT2D eigenvalue weighted by Gasteiger charge is -2.13. The summed E-state index contributed by atoms with van der Waals surface area (Å²) in [5.74, 6) is 0.727. The Morgan fingerprint density at radius 2 is 1.71 bits per heavy atom. The summed E-state index contributed by atoms with van der Waals surface area (Å²) in [5, 5.41) is 5.53. The van der Waals surface area contributed by atoms with Gasteiger partial charge in [-0.2, -0.15) is 11.8 Å². The SMILES string of the molecule is CCCC(CCC)SCCS(N)(=O)=O. The number of rotatable bonds is 8. The van der Waals surface area contributed by atoms with E-state index >= 15 is 0 Å². The van der Waals surface area contributed by atoms with Crippen molar-refractivity contribution in [2.75, 3.05) is 11.5 Å². The summed E-state index contributed by atoms with van der Waals surface area (Å²) < 4.78 is 21.4. The van der Waals surface area contributed by atoms with E-state index in [1.165, 1.54) is 12.8 Å². The Morgan fingerprint density at radius 3 is 2.07 bits per heavy atom. The third-order valence-corrected chi connectivity index (χ3v) is 4.36. The first-order valence-corrected chi connectivity index (χ1v) is 7.88. The molecule has 0 saturated carbocycles. The van der Waals surface area contributed by atoms with Crippen molar-refractivity contribution < 1.29 is 8.42 Å². The molecule has 5 heteroatoms. The highest BCUT2D eigenvalue weighted by molar-refractivity contribution is 8.01. The minimum absolute atomic E-state index is 0.0988. The summed E-state index contributed by atoms with van der Waals surface area (Å²) in [5.41, 5.74) is 0. The van der Waals surface area contributed by atoms with Crippen LogP contribution < -0.4 is 5.14 Å². The molecule has 0 rings (SSSR count). The van der Waals surface area contributed by atoms with Crippen molar-refractivity contribution >= 4 is 21.8 Å². The summed E-state index contributed by atoms with van der Waals surface area (Å²) in [6.45, 7) is 4.31. The fraction of sp³-hybridized carbons (Fsp3) is 1.00. The smallest absolute Gasteiger partial charge is 0.209 e. The molecule has 0 heterocycles. The standard InChI is InChI=1S/C9H21NO2S2/c1-3-5-9(6-4-2)13-7-8-14(10,11)12/h9H,3-8H2,1-2H3,(H2,10,11,12). The molecule has 0 spiro atoms. The quantitative estimate of drug-likeness (QED) is 0.704. The molecular formula is C9H21NO2S2. The van der Waals surface area contributed by atoms with Crippen LogP contribution in [0.25, 0.3) is 0 Å². The zero-order valence-electron chi connectivity index (χ0n) is 9.03. The fourth-order valence-corrected chi connectivity index (χ4v) is 3.74. The van der Waals surface area contributed by atoms with Crippen LogP contribution in [0, 0.1) is 0 Å². The number of nitrogens with two attached hydrogens (primary N) is 1. The van der Waals surface area contributed by atoms with Gasteiger partial charge < -0.3 is 0 Å². The Labute approximate surface area is 91.9 Å². The van der Waals surface area contributed by atoms with Gasteiger partial charge in [-0.15, -0.1) is 0 Å². The molecule has 0 radical (unpaired) electrons. The Balaban J connectivity index is 3.70. The van der Waals surface area contributed by atoms with Gasteiger partial charge in [0.15, 0.2) is 0 Å². The number of hydrogen-bond acceptors (Lipinski definition) is 3. The zero-order valence-corrected chi connectivity index (χ0v) is 10.7. The van der Waals surface area contributed by atoms with E-state index in [2.05, 4.69) is 13.8 Å². The average molecular weight is 239 g/mol. The second-order valence-corrected chi connectivity index (χ2v) is 6.58. The Hall–Kier alpha value is 0.260. The minimum atomic E-state index is -3.27. The third-order valence-electron chi connectivity index (χ3n) is 1.94. The van der Waals surface area contributed by atoms with Crippen LogP contribution in [0.4, 0.5) is 0 Å². The van der Waals surface area contributed by atoms with Gasteiger partial charge in [0.25, 0.3) is 0 Å². The van der Waals surface area contributed by atoms with Gasteiger partial charge in [0, 0.05) is 11.0 Å². The highest BCUT2D eigenvalue weighted by Crippen LogP contribution is 2.21. The predicted molar refractivity (Wildman–Crippen MR) is 64.0 cm³/mol. The van der Waals surface area contributed by atoms with Gasteiger partial charge in [-0.25, -0.2) is 13.6 Å². The zero-order chi connectivity index (χ0) is 11.0. The van der Waals surface area contributed by atoms with Gasteiger partial charge in [0.05, 0.1) is 5.75 Å². The van der Waals surface area contributed by atoms with Crippen molar-refractivity contribution in [1.29, 1.82) is 0 Å². The van der Waals surface area contributed by atoms with Gasteiger partial charge in [0.2, 0.25) is 10.0 Å². The molecular weight excluding hydrogens is 218 g/mol. The number of thioether (sulfide) groups is 1. The lowest BCUT2D eigenvalue weighted by Crippen LogP contribution is -2.19. The van der Waals surface area contributed by atoms with E-state index < -0.39 is 10.0 Å². The van der Waals surface area contributed by atoms with E-state index in [-0.39, 0.29) is 5.75 Å². The molecule has 14 heavy (non-hydrogen) atoms. The summed E-state index contributed by atoms with van der Waals surface area (Å²) in [6, 6.07) is 0. The average Bonchev–Trinajstić information content (AvgIpc) is 2.02. The molecule has 0 aliphatic carbocycles. The van der Waals surface area contributed by atoms with Gasteiger partial charge in [-0.05, 0) is 12.8 Å². The van der Waals surface area contributed by atoms with Crippen molar-refractivity contribution in [1.82, 2.24) is 0 Å². The molecule has 0 aromatic heterocycles. The highest BCUT2D eigenvalue weighted by Gasteiger charge is 2.09. The molecule has 0 unspecified atom stereocenters. The first-order valence-electron chi connectivity index (χ1n) is 5.11. The van der Waals surface area contributed by atoms with E-state index in [4.69, 9.17) is 5.14 Å². The third kappa shape index (κ3) is 8.84. The van der Waals surface area contributed by atoms with Gasteiger partial charge >= 0.3 is 0 Å². The molecule has 0 bridgehead atoms. The summed E-state index contributed by atoms with van der Waals surface area (Å²) >= 11 is 1.74. The van der Waals surface area contributed by atoms with Crippen molar-refractivity contribution in [2.24, 2.45) is 5.14 Å². The fourth-order valence-electron chi connectivity index (χ4n) is 1.29. The second kappa shape index (κ2) is 7.54. The van der Waals surface area contributed by atoms with E-state index in [1.54, 1.807) is 11.8 Å². The van der Waals surface area contributed by atoms with Crippen LogP contribution in [0.1, 0.15) is 39.5 Å². The van der Waals surface area contributed by atoms with Crippen LogP contribution in [0.2, 0.25) is 0 Å². The molecule has 0 saturated heterocycles. The van der Waals surface area contributed by atoms with E-state index in [9.17, 15) is 8.42 Å². The van der Waals surface area contributed by atoms with Crippen LogP contribution in [-0.2, 0) is 10.0 Å². The molecule has 0 amide bonds. The van der Waals surface area contributed by atoms with Gasteiger partial charge in [0.1, 0.15) is 0 Å². The van der Waals surface area contributed by atoms with Gasteiger partial charge in [-0.3, -0.25) is 0 Å². The maximum Gasteiger partial charge on any atom is 0.209 e. The molecule has 2 N–H and O–H groups in total. The molecule has 0 aromatic rings. The monoisotopic (exact) mass is 239 g/mol. The lowest BCUT2D eigenvalue weighted by atomic mass is 10.2. The molecule has 3 nitrogen and oxygen atoms in total. The summed E-state index contributed by atoms with van der Waals surface area (Å²) in [6.07, 6.45) is 4.66. The maximum absolute atomic E-state index is 10.7. The number of hydrogen-bond donors (Lipinski definition) is 1. The molecule has 86 valence electrons. The Kier molecular flexibility index (Phi) is 7.68. The van der Waals surface area contributed by atoms with Crippen LogP contribution in [0.15, 0.2) is 0 Å². The predicted octanol–water partition coefficient (Wildman–Crippen LogP) is 1.98. The Morgan fingerprint density at radius 1 is 1.21 bits per heavy atom. The molecule has 0 fully saturated rings. The number of sulfonamides is 1. The van der Waals surface area contributed by atoms with E-state index in [1.807, 2.05) is 0 Å². The molecule has 0 atom stereocenters. The summed E-state index contributed by atoms with van der Waals surface area (Å²) in [7, 11) is -3.27. The first-order chi connectivity index (χ1) is 6.49.